The van der Waals surface area contributed by atoms with Gasteiger partial charge in [0.25, 0.3) is 0 Å². The van der Waals surface area contributed by atoms with Crippen LogP contribution in [0.3, 0.4) is 0 Å². The predicted octanol–water partition coefficient (Wildman–Crippen LogP) is 2.64. The zero-order valence-corrected chi connectivity index (χ0v) is 12.4. The van der Waals surface area contributed by atoms with Gasteiger partial charge in [0.15, 0.2) is 0 Å². The first kappa shape index (κ1) is 13.3. The van der Waals surface area contributed by atoms with E-state index in [1.165, 1.54) is 37.7 Å². The molecule has 1 heterocycles. The molecule has 3 aliphatic rings. The summed E-state index contributed by atoms with van der Waals surface area (Å²) in [6, 6.07) is 10.7. The summed E-state index contributed by atoms with van der Waals surface area (Å²) < 4.78 is 0. The van der Waals surface area contributed by atoms with Crippen LogP contribution in [0.15, 0.2) is 30.3 Å². The van der Waals surface area contributed by atoms with Gasteiger partial charge in [-0.05, 0) is 55.5 Å². The quantitative estimate of drug-likeness (QED) is 0.892. The molecule has 3 heteroatoms. The molecule has 1 saturated heterocycles. The Balaban J connectivity index is 1.47. The van der Waals surface area contributed by atoms with E-state index in [1.54, 1.807) is 0 Å². The Morgan fingerprint density at radius 1 is 1.14 bits per heavy atom. The van der Waals surface area contributed by atoms with Crippen LogP contribution in [0.4, 0.5) is 0 Å². The SMILES string of the molecule is O=C(NC(c1ccccc1)C1CC1)C1NCC2CCCC21. The van der Waals surface area contributed by atoms with Gasteiger partial charge in [0.05, 0.1) is 12.1 Å². The number of carbonyl (C=O) groups excluding carboxylic acids is 1. The maximum absolute atomic E-state index is 12.7. The van der Waals surface area contributed by atoms with Crippen molar-refractivity contribution in [2.75, 3.05) is 6.54 Å². The van der Waals surface area contributed by atoms with Gasteiger partial charge in [0, 0.05) is 0 Å². The number of hydrogen-bond donors (Lipinski definition) is 2. The van der Waals surface area contributed by atoms with Gasteiger partial charge in [-0.2, -0.15) is 0 Å². The summed E-state index contributed by atoms with van der Waals surface area (Å²) in [4.78, 5) is 12.7. The monoisotopic (exact) mass is 284 g/mol. The van der Waals surface area contributed by atoms with Crippen molar-refractivity contribution in [2.24, 2.45) is 17.8 Å². The van der Waals surface area contributed by atoms with Crippen molar-refractivity contribution in [3.8, 4) is 0 Å². The molecule has 0 radical (unpaired) electrons. The number of fused-ring (bicyclic) bond motifs is 1. The lowest BCUT2D eigenvalue weighted by atomic mass is 9.93. The maximum Gasteiger partial charge on any atom is 0.237 e. The lowest BCUT2D eigenvalue weighted by Crippen LogP contribution is -2.45. The molecule has 0 aromatic heterocycles. The van der Waals surface area contributed by atoms with Crippen LogP contribution in [0.5, 0.6) is 0 Å². The Labute approximate surface area is 126 Å². The molecule has 3 fully saturated rings. The van der Waals surface area contributed by atoms with E-state index in [1.807, 2.05) is 6.07 Å². The largest absolute Gasteiger partial charge is 0.348 e. The normalized spacial score (nSPS) is 32.7. The van der Waals surface area contributed by atoms with Crippen molar-refractivity contribution in [3.05, 3.63) is 35.9 Å². The minimum absolute atomic E-state index is 0.0439. The van der Waals surface area contributed by atoms with E-state index in [-0.39, 0.29) is 18.0 Å². The molecule has 1 aromatic carbocycles. The lowest BCUT2D eigenvalue weighted by molar-refractivity contribution is -0.124. The summed E-state index contributed by atoms with van der Waals surface area (Å²) >= 11 is 0. The number of hydrogen-bond acceptors (Lipinski definition) is 2. The molecular formula is C18H24N2O. The summed E-state index contributed by atoms with van der Waals surface area (Å²) in [5, 5.41) is 6.81. The van der Waals surface area contributed by atoms with Gasteiger partial charge in [-0.15, -0.1) is 0 Å². The third-order valence-corrected chi connectivity index (χ3v) is 5.58. The second kappa shape index (κ2) is 5.45. The van der Waals surface area contributed by atoms with Crippen LogP contribution < -0.4 is 10.6 Å². The molecule has 0 bridgehead atoms. The first-order valence-electron chi connectivity index (χ1n) is 8.41. The van der Waals surface area contributed by atoms with E-state index in [0.717, 1.165) is 12.5 Å². The summed E-state index contributed by atoms with van der Waals surface area (Å²) in [6.07, 6.45) is 6.29. The van der Waals surface area contributed by atoms with Crippen LogP contribution in [0, 0.1) is 17.8 Å². The average molecular weight is 284 g/mol. The Morgan fingerprint density at radius 2 is 1.95 bits per heavy atom. The standard InChI is InChI=1S/C18H24N2O/c21-18(17-15-8-4-7-14(15)11-19-17)20-16(13-9-10-13)12-5-2-1-3-6-12/h1-3,5-6,13-17,19H,4,7-11H2,(H,20,21). The van der Waals surface area contributed by atoms with E-state index in [0.29, 0.717) is 11.8 Å². The third-order valence-electron chi connectivity index (χ3n) is 5.58. The minimum Gasteiger partial charge on any atom is -0.348 e. The number of carbonyl (C=O) groups is 1. The van der Waals surface area contributed by atoms with Crippen LogP contribution in [0.25, 0.3) is 0 Å². The molecule has 21 heavy (non-hydrogen) atoms. The van der Waals surface area contributed by atoms with E-state index in [4.69, 9.17) is 0 Å². The predicted molar refractivity (Wildman–Crippen MR) is 82.7 cm³/mol. The molecule has 4 atom stereocenters. The highest BCUT2D eigenvalue weighted by Crippen LogP contribution is 2.42. The van der Waals surface area contributed by atoms with Gasteiger partial charge in [0.1, 0.15) is 0 Å². The van der Waals surface area contributed by atoms with Crippen molar-refractivity contribution in [1.29, 1.82) is 0 Å². The van der Waals surface area contributed by atoms with Crippen molar-refractivity contribution in [3.63, 3.8) is 0 Å². The summed E-state index contributed by atoms with van der Waals surface area (Å²) in [6.45, 7) is 1.03. The summed E-state index contributed by atoms with van der Waals surface area (Å²) in [7, 11) is 0. The highest BCUT2D eigenvalue weighted by Gasteiger charge is 2.43. The van der Waals surface area contributed by atoms with Crippen molar-refractivity contribution >= 4 is 5.91 Å². The molecule has 3 nitrogen and oxygen atoms in total. The van der Waals surface area contributed by atoms with Crippen LogP contribution in [0.1, 0.15) is 43.7 Å². The van der Waals surface area contributed by atoms with Gasteiger partial charge in [-0.1, -0.05) is 36.8 Å². The molecule has 2 aliphatic carbocycles. The molecule has 112 valence electrons. The first-order valence-corrected chi connectivity index (χ1v) is 8.41. The number of benzene rings is 1. The second-order valence-electron chi connectivity index (χ2n) is 6.98. The van der Waals surface area contributed by atoms with Crippen molar-refractivity contribution in [2.45, 2.75) is 44.2 Å². The molecule has 1 amide bonds. The van der Waals surface area contributed by atoms with Crippen molar-refractivity contribution < 1.29 is 4.79 Å². The average Bonchev–Trinajstić information content (AvgIpc) is 3.10. The lowest BCUT2D eigenvalue weighted by Gasteiger charge is -2.23. The van der Waals surface area contributed by atoms with E-state index < -0.39 is 0 Å². The number of rotatable bonds is 4. The summed E-state index contributed by atoms with van der Waals surface area (Å²) in [5.41, 5.74) is 1.26. The minimum atomic E-state index is 0.0439. The molecule has 4 unspecified atom stereocenters. The summed E-state index contributed by atoms with van der Waals surface area (Å²) in [5.74, 6) is 2.17. The van der Waals surface area contributed by atoms with Crippen LogP contribution >= 0.6 is 0 Å². The fourth-order valence-corrected chi connectivity index (χ4v) is 4.28. The smallest absolute Gasteiger partial charge is 0.237 e. The Hall–Kier alpha value is -1.35. The first-order chi connectivity index (χ1) is 10.3. The van der Waals surface area contributed by atoms with Crippen LogP contribution in [-0.4, -0.2) is 18.5 Å². The molecule has 0 spiro atoms. The van der Waals surface area contributed by atoms with Gasteiger partial charge in [-0.25, -0.2) is 0 Å². The third kappa shape index (κ3) is 2.59. The zero-order chi connectivity index (χ0) is 14.2. The molecule has 1 aliphatic heterocycles. The van der Waals surface area contributed by atoms with E-state index in [9.17, 15) is 4.79 Å². The van der Waals surface area contributed by atoms with E-state index in [2.05, 4.69) is 34.9 Å². The van der Waals surface area contributed by atoms with Crippen LogP contribution in [-0.2, 0) is 4.79 Å². The molecule has 2 saturated carbocycles. The molecule has 1 aromatic rings. The van der Waals surface area contributed by atoms with Crippen LogP contribution in [0.2, 0.25) is 0 Å². The highest BCUT2D eigenvalue weighted by atomic mass is 16.2. The number of nitrogens with one attached hydrogen (secondary N) is 2. The maximum atomic E-state index is 12.7. The number of amides is 1. The topological polar surface area (TPSA) is 41.1 Å². The zero-order valence-electron chi connectivity index (χ0n) is 12.4. The van der Waals surface area contributed by atoms with Gasteiger partial charge < -0.3 is 10.6 Å². The Bertz CT molecular complexity index is 511. The molecule has 4 rings (SSSR count). The van der Waals surface area contributed by atoms with E-state index >= 15 is 0 Å². The molecular weight excluding hydrogens is 260 g/mol. The fourth-order valence-electron chi connectivity index (χ4n) is 4.28. The highest BCUT2D eigenvalue weighted by molar-refractivity contribution is 5.83. The second-order valence-corrected chi connectivity index (χ2v) is 6.98. The van der Waals surface area contributed by atoms with Gasteiger partial charge >= 0.3 is 0 Å². The Kier molecular flexibility index (Phi) is 3.46. The Morgan fingerprint density at radius 3 is 2.71 bits per heavy atom. The molecule has 2 N–H and O–H groups in total. The fraction of sp³-hybridized carbons (Fsp3) is 0.611. The van der Waals surface area contributed by atoms with Gasteiger partial charge in [-0.3, -0.25) is 4.79 Å². The van der Waals surface area contributed by atoms with Gasteiger partial charge in [0.2, 0.25) is 5.91 Å². The van der Waals surface area contributed by atoms with Crippen molar-refractivity contribution in [1.82, 2.24) is 10.6 Å².